The lowest BCUT2D eigenvalue weighted by Crippen LogP contribution is -2.50. The Hall–Kier alpha value is -1.22. The molecule has 1 aliphatic rings. The summed E-state index contributed by atoms with van der Waals surface area (Å²) >= 11 is 3.34. The standard InChI is InChI=1S/C15H19BrN4O2S/c1-2-19-9-10-20(11-13(19)15-17-7-8-18-15)23(21,22)14-6-4-3-5-12(14)16/h3-8,13H,2,9-11H2,1H3,(H,17,18)/t13-/m0/s1. The third kappa shape index (κ3) is 3.21. The van der Waals surface area contributed by atoms with Crippen molar-refractivity contribution < 1.29 is 8.42 Å². The molecule has 0 unspecified atom stereocenters. The van der Waals surface area contributed by atoms with Crippen LogP contribution in [0.3, 0.4) is 0 Å². The molecule has 0 amide bonds. The van der Waals surface area contributed by atoms with Gasteiger partial charge in [-0.1, -0.05) is 19.1 Å². The van der Waals surface area contributed by atoms with Gasteiger partial charge in [0.1, 0.15) is 5.82 Å². The third-order valence-corrected chi connectivity index (χ3v) is 7.03. The number of aromatic amines is 1. The molecule has 0 aliphatic carbocycles. The van der Waals surface area contributed by atoms with Gasteiger partial charge >= 0.3 is 0 Å². The van der Waals surface area contributed by atoms with E-state index < -0.39 is 10.0 Å². The van der Waals surface area contributed by atoms with Crippen molar-refractivity contribution in [3.63, 3.8) is 0 Å². The predicted octanol–water partition coefficient (Wildman–Crippen LogP) is 2.24. The molecule has 6 nitrogen and oxygen atoms in total. The van der Waals surface area contributed by atoms with Crippen LogP contribution in [0.4, 0.5) is 0 Å². The van der Waals surface area contributed by atoms with Crippen LogP contribution in [-0.4, -0.2) is 53.8 Å². The molecular formula is C15H19BrN4O2S. The number of rotatable bonds is 4. The van der Waals surface area contributed by atoms with E-state index in [1.807, 2.05) is 6.07 Å². The van der Waals surface area contributed by atoms with Crippen LogP contribution < -0.4 is 0 Å². The summed E-state index contributed by atoms with van der Waals surface area (Å²) in [5, 5.41) is 0. The van der Waals surface area contributed by atoms with Crippen molar-refractivity contribution in [2.24, 2.45) is 0 Å². The van der Waals surface area contributed by atoms with Gasteiger partial charge in [0.15, 0.2) is 0 Å². The molecule has 0 bridgehead atoms. The molecule has 1 atom stereocenters. The van der Waals surface area contributed by atoms with E-state index in [1.54, 1.807) is 34.9 Å². The summed E-state index contributed by atoms with van der Waals surface area (Å²) < 4.78 is 28.1. The molecule has 1 aliphatic heterocycles. The maximum Gasteiger partial charge on any atom is 0.244 e. The second kappa shape index (κ2) is 6.72. The summed E-state index contributed by atoms with van der Waals surface area (Å²) in [4.78, 5) is 9.98. The van der Waals surface area contributed by atoms with Gasteiger partial charge in [-0.25, -0.2) is 13.4 Å². The number of imidazole rings is 1. The highest BCUT2D eigenvalue weighted by molar-refractivity contribution is 9.10. The summed E-state index contributed by atoms with van der Waals surface area (Å²) in [5.74, 6) is 0.805. The zero-order valence-corrected chi connectivity index (χ0v) is 15.2. The minimum atomic E-state index is -3.53. The number of likely N-dealkylation sites (N-methyl/N-ethyl adjacent to an activating group) is 1. The number of halogens is 1. The van der Waals surface area contributed by atoms with Gasteiger partial charge in [0, 0.05) is 36.5 Å². The van der Waals surface area contributed by atoms with E-state index >= 15 is 0 Å². The van der Waals surface area contributed by atoms with Crippen LogP contribution in [0.2, 0.25) is 0 Å². The lowest BCUT2D eigenvalue weighted by atomic mass is 10.2. The molecule has 8 heteroatoms. The van der Waals surface area contributed by atoms with Crippen molar-refractivity contribution in [3.05, 3.63) is 47.0 Å². The normalized spacial score (nSPS) is 20.7. The van der Waals surface area contributed by atoms with Gasteiger partial charge < -0.3 is 4.98 Å². The van der Waals surface area contributed by atoms with E-state index in [1.165, 1.54) is 0 Å². The van der Waals surface area contributed by atoms with E-state index in [4.69, 9.17) is 0 Å². The van der Waals surface area contributed by atoms with Crippen molar-refractivity contribution in [2.45, 2.75) is 17.9 Å². The maximum absolute atomic E-state index is 13.0. The SMILES string of the molecule is CCN1CCN(S(=O)(=O)c2ccccc2Br)C[C@H]1c1ncc[nH]1. The number of aromatic nitrogens is 2. The molecule has 1 aromatic carbocycles. The Kier molecular flexibility index (Phi) is 4.86. The molecule has 1 N–H and O–H groups in total. The van der Waals surface area contributed by atoms with Gasteiger partial charge in [0.2, 0.25) is 10.0 Å². The average Bonchev–Trinajstić information content (AvgIpc) is 3.08. The molecule has 1 fully saturated rings. The van der Waals surface area contributed by atoms with Crippen LogP contribution in [0.15, 0.2) is 46.0 Å². The fourth-order valence-electron chi connectivity index (χ4n) is 2.90. The van der Waals surface area contributed by atoms with Crippen LogP contribution in [-0.2, 0) is 10.0 Å². The summed E-state index contributed by atoms with van der Waals surface area (Å²) in [6.45, 7) is 4.49. The topological polar surface area (TPSA) is 69.3 Å². The van der Waals surface area contributed by atoms with Crippen LogP contribution in [0, 0.1) is 0 Å². The van der Waals surface area contributed by atoms with Gasteiger partial charge in [-0.15, -0.1) is 0 Å². The Bertz CT molecular complexity index is 764. The molecular weight excluding hydrogens is 380 g/mol. The quantitative estimate of drug-likeness (QED) is 0.856. The number of nitrogens with zero attached hydrogens (tertiary/aromatic N) is 3. The Morgan fingerprint density at radius 3 is 2.78 bits per heavy atom. The molecule has 124 valence electrons. The molecule has 0 spiro atoms. The molecule has 1 saturated heterocycles. The van der Waals surface area contributed by atoms with E-state index in [9.17, 15) is 8.42 Å². The highest BCUT2D eigenvalue weighted by Gasteiger charge is 2.36. The van der Waals surface area contributed by atoms with Crippen molar-refractivity contribution in [1.29, 1.82) is 0 Å². The Balaban J connectivity index is 1.91. The molecule has 0 saturated carbocycles. The lowest BCUT2D eigenvalue weighted by molar-refractivity contribution is 0.119. The third-order valence-electron chi connectivity index (χ3n) is 4.15. The minimum absolute atomic E-state index is 0.0546. The van der Waals surface area contributed by atoms with Crippen LogP contribution >= 0.6 is 15.9 Å². The highest BCUT2D eigenvalue weighted by atomic mass is 79.9. The first-order chi connectivity index (χ1) is 11.0. The summed E-state index contributed by atoms with van der Waals surface area (Å²) in [6, 6.07) is 6.88. The zero-order valence-electron chi connectivity index (χ0n) is 12.8. The van der Waals surface area contributed by atoms with Gasteiger partial charge in [0.25, 0.3) is 0 Å². The maximum atomic E-state index is 13.0. The summed E-state index contributed by atoms with van der Waals surface area (Å²) in [6.07, 6.45) is 3.47. The smallest absolute Gasteiger partial charge is 0.244 e. The second-order valence-electron chi connectivity index (χ2n) is 5.41. The predicted molar refractivity (Wildman–Crippen MR) is 91.5 cm³/mol. The largest absolute Gasteiger partial charge is 0.347 e. The number of piperazine rings is 1. The molecule has 23 heavy (non-hydrogen) atoms. The minimum Gasteiger partial charge on any atom is -0.347 e. The lowest BCUT2D eigenvalue weighted by Gasteiger charge is -2.39. The second-order valence-corrected chi connectivity index (χ2v) is 8.17. The van der Waals surface area contributed by atoms with Crippen molar-refractivity contribution in [3.8, 4) is 0 Å². The molecule has 2 aromatic rings. The molecule has 1 aromatic heterocycles. The zero-order chi connectivity index (χ0) is 16.4. The van der Waals surface area contributed by atoms with E-state index in [2.05, 4.69) is 37.7 Å². The average molecular weight is 399 g/mol. The number of sulfonamides is 1. The van der Waals surface area contributed by atoms with Crippen LogP contribution in [0.5, 0.6) is 0 Å². The summed E-state index contributed by atoms with van der Waals surface area (Å²) in [7, 11) is -3.53. The van der Waals surface area contributed by atoms with Crippen molar-refractivity contribution in [2.75, 3.05) is 26.2 Å². The van der Waals surface area contributed by atoms with Gasteiger partial charge in [-0.05, 0) is 34.6 Å². The van der Waals surface area contributed by atoms with Crippen molar-refractivity contribution >= 4 is 26.0 Å². The van der Waals surface area contributed by atoms with Crippen LogP contribution in [0.1, 0.15) is 18.8 Å². The number of hydrogen-bond donors (Lipinski definition) is 1. The first-order valence-corrected chi connectivity index (χ1v) is 9.75. The number of benzene rings is 1. The highest BCUT2D eigenvalue weighted by Crippen LogP contribution is 2.29. The van der Waals surface area contributed by atoms with Crippen molar-refractivity contribution in [1.82, 2.24) is 19.2 Å². The Morgan fingerprint density at radius 1 is 1.35 bits per heavy atom. The Labute approximate surface area is 144 Å². The van der Waals surface area contributed by atoms with E-state index in [0.29, 0.717) is 29.0 Å². The van der Waals surface area contributed by atoms with Gasteiger partial charge in [0.05, 0.1) is 10.9 Å². The van der Waals surface area contributed by atoms with E-state index in [0.717, 1.165) is 12.4 Å². The first kappa shape index (κ1) is 16.6. The van der Waals surface area contributed by atoms with Gasteiger partial charge in [-0.2, -0.15) is 4.31 Å². The molecule has 3 rings (SSSR count). The van der Waals surface area contributed by atoms with Crippen LogP contribution in [0.25, 0.3) is 0 Å². The first-order valence-electron chi connectivity index (χ1n) is 7.52. The Morgan fingerprint density at radius 2 is 2.13 bits per heavy atom. The number of nitrogens with one attached hydrogen (secondary N) is 1. The molecule has 0 radical (unpaired) electrons. The fourth-order valence-corrected chi connectivity index (χ4v) is 5.31. The fraction of sp³-hybridized carbons (Fsp3) is 0.400. The van der Waals surface area contributed by atoms with Gasteiger partial charge in [-0.3, -0.25) is 4.90 Å². The monoisotopic (exact) mass is 398 g/mol. The number of H-pyrrole nitrogens is 1. The van der Waals surface area contributed by atoms with E-state index in [-0.39, 0.29) is 6.04 Å². The molecule has 2 heterocycles. The summed E-state index contributed by atoms with van der Waals surface area (Å²) in [5.41, 5.74) is 0. The number of hydrogen-bond acceptors (Lipinski definition) is 4.